The molecule has 0 bridgehead atoms. The molecule has 1 atom stereocenters. The van der Waals surface area contributed by atoms with Gasteiger partial charge in [-0.25, -0.2) is 14.0 Å². The van der Waals surface area contributed by atoms with E-state index in [0.29, 0.717) is 5.70 Å². The highest BCUT2D eigenvalue weighted by molar-refractivity contribution is 14.1. The van der Waals surface area contributed by atoms with Gasteiger partial charge in [-0.05, 0) is 54.6 Å². The molecule has 0 fully saturated rings. The van der Waals surface area contributed by atoms with Crippen molar-refractivity contribution in [3.05, 3.63) is 44.4 Å². The van der Waals surface area contributed by atoms with E-state index in [2.05, 4.69) is 10.6 Å². The second-order valence-corrected chi connectivity index (χ2v) is 5.70. The number of allylic oxidation sites excluding steroid dienone is 1. The zero-order valence-electron chi connectivity index (χ0n) is 11.5. The summed E-state index contributed by atoms with van der Waals surface area (Å²) in [6, 6.07) is 3.17. The predicted molar refractivity (Wildman–Crippen MR) is 82.9 cm³/mol. The van der Waals surface area contributed by atoms with Gasteiger partial charge in [0.15, 0.2) is 0 Å². The van der Waals surface area contributed by atoms with Crippen LogP contribution in [0.25, 0.3) is 0 Å². The molecule has 2 amide bonds. The van der Waals surface area contributed by atoms with Gasteiger partial charge in [-0.3, -0.25) is 0 Å². The maximum absolute atomic E-state index is 14.1. The Bertz CT molecular complexity index is 631. The van der Waals surface area contributed by atoms with Crippen molar-refractivity contribution in [2.45, 2.75) is 19.9 Å². The molecule has 1 unspecified atom stereocenters. The van der Waals surface area contributed by atoms with Crippen LogP contribution in [0.2, 0.25) is 0 Å². The number of amides is 2. The Morgan fingerprint density at radius 2 is 2.19 bits per heavy atom. The van der Waals surface area contributed by atoms with Gasteiger partial charge in [0.1, 0.15) is 5.82 Å². The van der Waals surface area contributed by atoms with Crippen molar-refractivity contribution in [1.82, 2.24) is 10.6 Å². The quantitative estimate of drug-likeness (QED) is 0.602. The normalized spacial score (nSPS) is 18.1. The van der Waals surface area contributed by atoms with Gasteiger partial charge < -0.3 is 15.4 Å². The predicted octanol–water partition coefficient (Wildman–Crippen LogP) is 2.62. The third kappa shape index (κ3) is 3.34. The summed E-state index contributed by atoms with van der Waals surface area (Å²) in [5, 5.41) is 5.08. The molecular formula is C14H14FIN2O3. The maximum Gasteiger partial charge on any atom is 0.338 e. The number of ether oxygens (including phenoxy) is 1. The lowest BCUT2D eigenvalue weighted by atomic mass is 9.95. The van der Waals surface area contributed by atoms with Crippen molar-refractivity contribution >= 4 is 34.6 Å². The third-order valence-corrected chi connectivity index (χ3v) is 3.70. The number of carbonyl (C=O) groups is 2. The van der Waals surface area contributed by atoms with E-state index in [1.807, 2.05) is 22.6 Å². The zero-order chi connectivity index (χ0) is 15.6. The van der Waals surface area contributed by atoms with Gasteiger partial charge in [0.25, 0.3) is 0 Å². The molecule has 0 radical (unpaired) electrons. The minimum atomic E-state index is -0.868. The summed E-state index contributed by atoms with van der Waals surface area (Å²) in [4.78, 5) is 23.7. The molecule has 0 aromatic heterocycles. The van der Waals surface area contributed by atoms with E-state index in [4.69, 9.17) is 4.74 Å². The minimum Gasteiger partial charge on any atom is -0.463 e. The Morgan fingerprint density at radius 3 is 2.86 bits per heavy atom. The molecule has 21 heavy (non-hydrogen) atoms. The van der Waals surface area contributed by atoms with Crippen LogP contribution in [0.15, 0.2) is 29.5 Å². The molecule has 0 spiro atoms. The van der Waals surface area contributed by atoms with Crippen LogP contribution in [0.1, 0.15) is 25.5 Å². The first-order chi connectivity index (χ1) is 9.93. The lowest BCUT2D eigenvalue weighted by Gasteiger charge is -2.28. The average Bonchev–Trinajstić information content (AvgIpc) is 2.40. The van der Waals surface area contributed by atoms with Gasteiger partial charge in [0.2, 0.25) is 0 Å². The van der Waals surface area contributed by atoms with E-state index >= 15 is 0 Å². The molecule has 1 aliphatic rings. The van der Waals surface area contributed by atoms with Gasteiger partial charge in [-0.1, -0.05) is 0 Å². The van der Waals surface area contributed by atoms with Crippen LogP contribution < -0.4 is 10.6 Å². The molecule has 7 heteroatoms. The molecule has 112 valence electrons. The molecule has 1 aromatic carbocycles. The molecule has 1 heterocycles. The van der Waals surface area contributed by atoms with E-state index < -0.39 is 23.9 Å². The van der Waals surface area contributed by atoms with E-state index in [1.54, 1.807) is 26.0 Å². The zero-order valence-corrected chi connectivity index (χ0v) is 13.7. The summed E-state index contributed by atoms with van der Waals surface area (Å²) in [6.45, 7) is 3.47. The van der Waals surface area contributed by atoms with Crippen molar-refractivity contribution in [2.24, 2.45) is 0 Å². The number of nitrogens with one attached hydrogen (secondary N) is 2. The van der Waals surface area contributed by atoms with Gasteiger partial charge in [0.05, 0.1) is 18.2 Å². The number of urea groups is 1. The first-order valence-corrected chi connectivity index (χ1v) is 7.42. The highest BCUT2D eigenvalue weighted by Gasteiger charge is 2.33. The first-order valence-electron chi connectivity index (χ1n) is 6.34. The molecule has 0 aliphatic carbocycles. The van der Waals surface area contributed by atoms with Crippen LogP contribution >= 0.6 is 22.6 Å². The summed E-state index contributed by atoms with van der Waals surface area (Å²) >= 11 is 2.04. The van der Waals surface area contributed by atoms with Crippen molar-refractivity contribution in [1.29, 1.82) is 0 Å². The fourth-order valence-electron chi connectivity index (χ4n) is 2.14. The molecule has 2 rings (SSSR count). The Morgan fingerprint density at radius 1 is 1.48 bits per heavy atom. The maximum atomic E-state index is 14.1. The fourth-order valence-corrected chi connectivity index (χ4v) is 2.66. The second-order valence-electron chi connectivity index (χ2n) is 4.46. The molecule has 1 aliphatic heterocycles. The largest absolute Gasteiger partial charge is 0.463 e. The summed E-state index contributed by atoms with van der Waals surface area (Å²) in [5.74, 6) is -1.07. The number of carbonyl (C=O) groups excluding carboxylic acids is 2. The molecular weight excluding hydrogens is 390 g/mol. The van der Waals surface area contributed by atoms with Gasteiger partial charge in [-0.2, -0.15) is 0 Å². The smallest absolute Gasteiger partial charge is 0.338 e. The minimum absolute atomic E-state index is 0.199. The molecule has 2 N–H and O–H groups in total. The second kappa shape index (κ2) is 6.42. The summed E-state index contributed by atoms with van der Waals surface area (Å²) < 4.78 is 19.9. The lowest BCUT2D eigenvalue weighted by Crippen LogP contribution is -2.45. The number of rotatable bonds is 3. The summed E-state index contributed by atoms with van der Waals surface area (Å²) in [5.41, 5.74) is 0.803. The monoisotopic (exact) mass is 404 g/mol. The summed E-state index contributed by atoms with van der Waals surface area (Å²) in [6.07, 6.45) is 0. The average molecular weight is 404 g/mol. The SMILES string of the molecule is CCOC(=O)C1=C(C)NC(=O)NC1c1cc(I)ccc1F. The molecule has 1 aromatic rings. The van der Waals surface area contributed by atoms with Crippen molar-refractivity contribution in [3.63, 3.8) is 0 Å². The number of halogens is 2. The Labute approximate surface area is 135 Å². The number of esters is 1. The molecule has 0 saturated carbocycles. The van der Waals surface area contributed by atoms with Crippen LogP contribution in [0.5, 0.6) is 0 Å². The number of hydrogen-bond donors (Lipinski definition) is 2. The van der Waals surface area contributed by atoms with Gasteiger partial charge in [0, 0.05) is 14.8 Å². The fraction of sp³-hybridized carbons (Fsp3) is 0.286. The van der Waals surface area contributed by atoms with Crippen molar-refractivity contribution in [2.75, 3.05) is 6.61 Å². The van der Waals surface area contributed by atoms with Crippen LogP contribution in [-0.2, 0) is 9.53 Å². The standard InChI is InChI=1S/C14H14FIN2O3/c1-3-21-13(19)11-7(2)17-14(20)18-12(11)9-6-8(16)4-5-10(9)15/h4-6,12H,3H2,1-2H3,(H2,17,18,20). The van der Waals surface area contributed by atoms with E-state index in [-0.39, 0.29) is 17.7 Å². The van der Waals surface area contributed by atoms with Crippen molar-refractivity contribution in [3.8, 4) is 0 Å². The van der Waals surface area contributed by atoms with Crippen LogP contribution in [0.4, 0.5) is 9.18 Å². The molecule has 0 saturated heterocycles. The van der Waals surface area contributed by atoms with E-state index in [0.717, 1.165) is 3.57 Å². The Kier molecular flexibility index (Phi) is 4.81. The highest BCUT2D eigenvalue weighted by Crippen LogP contribution is 2.30. The first kappa shape index (κ1) is 15.7. The third-order valence-electron chi connectivity index (χ3n) is 3.03. The highest BCUT2D eigenvalue weighted by atomic mass is 127. The van der Waals surface area contributed by atoms with Gasteiger partial charge in [-0.15, -0.1) is 0 Å². The topological polar surface area (TPSA) is 67.4 Å². The van der Waals surface area contributed by atoms with E-state index in [1.165, 1.54) is 6.07 Å². The van der Waals surface area contributed by atoms with E-state index in [9.17, 15) is 14.0 Å². The summed E-state index contributed by atoms with van der Waals surface area (Å²) in [7, 11) is 0. The van der Waals surface area contributed by atoms with Crippen LogP contribution in [0, 0.1) is 9.39 Å². The Hall–Kier alpha value is -1.64. The molecule has 5 nitrogen and oxygen atoms in total. The van der Waals surface area contributed by atoms with Crippen LogP contribution in [0.3, 0.4) is 0 Å². The van der Waals surface area contributed by atoms with Gasteiger partial charge >= 0.3 is 12.0 Å². The van der Waals surface area contributed by atoms with Crippen LogP contribution in [-0.4, -0.2) is 18.6 Å². The number of hydrogen-bond acceptors (Lipinski definition) is 3. The Balaban J connectivity index is 2.52. The van der Waals surface area contributed by atoms with Crippen molar-refractivity contribution < 1.29 is 18.7 Å². The number of benzene rings is 1. The lowest BCUT2D eigenvalue weighted by molar-refractivity contribution is -0.139.